The zero-order chi connectivity index (χ0) is 19.4. The Hall–Kier alpha value is -2.64. The fourth-order valence-electron chi connectivity index (χ4n) is 3.68. The molecule has 1 atom stereocenters. The van der Waals surface area contributed by atoms with Gasteiger partial charge in [-0.05, 0) is 19.4 Å². The average molecular weight is 374 g/mol. The quantitative estimate of drug-likeness (QED) is 0.772. The summed E-state index contributed by atoms with van der Waals surface area (Å²) in [7, 11) is 1.51. The lowest BCUT2D eigenvalue weighted by Gasteiger charge is -2.24. The summed E-state index contributed by atoms with van der Waals surface area (Å²) in [6.07, 6.45) is 2.57. The number of carbonyl (C=O) groups excluding carboxylic acids is 3. The summed E-state index contributed by atoms with van der Waals surface area (Å²) in [5.41, 5.74) is 0.529. The maximum atomic E-state index is 12.8. The standard InChI is InChI=1S/C19H26N4O4/c1-3-21-13-15(12-17(21)24)19(26)23-8-4-7-22(9-10-23)18(25)14-5-6-20-16(11-14)27-2/h5-6,11,15H,3-4,7-10,12-13H2,1-2H3. The topological polar surface area (TPSA) is 83.1 Å². The van der Waals surface area contributed by atoms with Crippen molar-refractivity contribution < 1.29 is 19.1 Å². The average Bonchev–Trinajstić information content (AvgIpc) is 2.91. The van der Waals surface area contributed by atoms with Gasteiger partial charge in [0.15, 0.2) is 0 Å². The largest absolute Gasteiger partial charge is 0.481 e. The van der Waals surface area contributed by atoms with Gasteiger partial charge in [0.05, 0.1) is 13.0 Å². The molecule has 2 saturated heterocycles. The Kier molecular flexibility index (Phi) is 5.93. The van der Waals surface area contributed by atoms with Crippen LogP contribution in [0.2, 0.25) is 0 Å². The minimum absolute atomic E-state index is 0.0270. The van der Waals surface area contributed by atoms with Gasteiger partial charge in [-0.3, -0.25) is 14.4 Å². The van der Waals surface area contributed by atoms with Gasteiger partial charge in [0.25, 0.3) is 5.91 Å². The summed E-state index contributed by atoms with van der Waals surface area (Å²) < 4.78 is 5.08. The number of carbonyl (C=O) groups is 3. The van der Waals surface area contributed by atoms with E-state index in [0.717, 1.165) is 6.42 Å². The first kappa shape index (κ1) is 19.1. The van der Waals surface area contributed by atoms with Gasteiger partial charge < -0.3 is 19.4 Å². The lowest BCUT2D eigenvalue weighted by molar-refractivity contribution is -0.135. The third kappa shape index (κ3) is 4.20. The van der Waals surface area contributed by atoms with Crippen LogP contribution in [0.1, 0.15) is 30.1 Å². The maximum Gasteiger partial charge on any atom is 0.254 e. The van der Waals surface area contributed by atoms with Gasteiger partial charge in [-0.25, -0.2) is 4.98 Å². The maximum absolute atomic E-state index is 12.8. The number of likely N-dealkylation sites (tertiary alicyclic amines) is 1. The van der Waals surface area contributed by atoms with Crippen molar-refractivity contribution in [1.82, 2.24) is 19.7 Å². The SMILES string of the molecule is CCN1CC(C(=O)N2CCCN(C(=O)c3ccnc(OC)c3)CC2)CC1=O. The second-order valence-electron chi connectivity index (χ2n) is 6.89. The predicted octanol–water partition coefficient (Wildman–Crippen LogP) is 0.633. The van der Waals surface area contributed by atoms with Crippen molar-refractivity contribution in [2.45, 2.75) is 19.8 Å². The highest BCUT2D eigenvalue weighted by Gasteiger charge is 2.36. The van der Waals surface area contributed by atoms with Gasteiger partial charge in [-0.1, -0.05) is 0 Å². The van der Waals surface area contributed by atoms with Crippen molar-refractivity contribution in [3.8, 4) is 5.88 Å². The van der Waals surface area contributed by atoms with Crippen molar-refractivity contribution in [2.75, 3.05) is 46.4 Å². The Morgan fingerprint density at radius 1 is 1.22 bits per heavy atom. The third-order valence-corrected chi connectivity index (χ3v) is 5.23. The second-order valence-corrected chi connectivity index (χ2v) is 6.89. The van der Waals surface area contributed by atoms with Crippen LogP contribution in [-0.2, 0) is 9.59 Å². The Labute approximate surface area is 159 Å². The fourth-order valence-corrected chi connectivity index (χ4v) is 3.68. The number of hydrogen-bond donors (Lipinski definition) is 0. The van der Waals surface area contributed by atoms with E-state index in [-0.39, 0.29) is 23.6 Å². The molecule has 0 bridgehead atoms. The minimum Gasteiger partial charge on any atom is -0.481 e. The molecule has 0 aliphatic carbocycles. The number of hydrogen-bond acceptors (Lipinski definition) is 5. The van der Waals surface area contributed by atoms with Gasteiger partial charge in [0.2, 0.25) is 17.7 Å². The first-order chi connectivity index (χ1) is 13.0. The summed E-state index contributed by atoms with van der Waals surface area (Å²) in [5.74, 6) is 0.134. The van der Waals surface area contributed by atoms with Crippen LogP contribution in [0.15, 0.2) is 18.3 Å². The lowest BCUT2D eigenvalue weighted by Crippen LogP contribution is -2.40. The number of aromatic nitrogens is 1. The highest BCUT2D eigenvalue weighted by molar-refractivity contribution is 5.94. The van der Waals surface area contributed by atoms with E-state index < -0.39 is 0 Å². The molecular weight excluding hydrogens is 348 g/mol. The van der Waals surface area contributed by atoms with Crippen molar-refractivity contribution in [1.29, 1.82) is 0 Å². The van der Waals surface area contributed by atoms with E-state index in [0.29, 0.717) is 57.1 Å². The summed E-state index contributed by atoms with van der Waals surface area (Å²) in [5, 5.41) is 0. The molecule has 0 radical (unpaired) electrons. The Bertz CT molecular complexity index is 723. The molecule has 1 aromatic heterocycles. The zero-order valence-corrected chi connectivity index (χ0v) is 15.9. The van der Waals surface area contributed by atoms with Gasteiger partial charge >= 0.3 is 0 Å². The molecule has 3 rings (SSSR count). The molecule has 8 nitrogen and oxygen atoms in total. The molecule has 8 heteroatoms. The smallest absolute Gasteiger partial charge is 0.254 e. The molecule has 3 amide bonds. The molecule has 0 spiro atoms. The van der Waals surface area contributed by atoms with E-state index >= 15 is 0 Å². The highest BCUT2D eigenvalue weighted by atomic mass is 16.5. The molecule has 0 N–H and O–H groups in total. The number of ether oxygens (including phenoxy) is 1. The van der Waals surface area contributed by atoms with Crippen LogP contribution >= 0.6 is 0 Å². The van der Waals surface area contributed by atoms with Crippen LogP contribution in [0, 0.1) is 5.92 Å². The fraction of sp³-hybridized carbons (Fsp3) is 0.579. The Morgan fingerprint density at radius 2 is 1.96 bits per heavy atom. The van der Waals surface area contributed by atoms with Crippen LogP contribution in [0.3, 0.4) is 0 Å². The minimum atomic E-state index is -0.260. The van der Waals surface area contributed by atoms with Crippen LogP contribution < -0.4 is 4.74 Å². The Morgan fingerprint density at radius 3 is 2.67 bits per heavy atom. The molecule has 0 aromatic carbocycles. The molecule has 1 aromatic rings. The number of nitrogens with zero attached hydrogens (tertiary/aromatic N) is 4. The summed E-state index contributed by atoms with van der Waals surface area (Å²) in [4.78, 5) is 46.8. The van der Waals surface area contributed by atoms with Crippen LogP contribution in [0.4, 0.5) is 0 Å². The first-order valence-corrected chi connectivity index (χ1v) is 9.39. The van der Waals surface area contributed by atoms with E-state index in [1.165, 1.54) is 7.11 Å². The second kappa shape index (κ2) is 8.37. The zero-order valence-electron chi connectivity index (χ0n) is 15.9. The van der Waals surface area contributed by atoms with Crippen molar-refractivity contribution in [2.24, 2.45) is 5.92 Å². The predicted molar refractivity (Wildman–Crippen MR) is 98.3 cm³/mol. The van der Waals surface area contributed by atoms with E-state index in [4.69, 9.17) is 4.74 Å². The highest BCUT2D eigenvalue weighted by Crippen LogP contribution is 2.21. The molecule has 27 heavy (non-hydrogen) atoms. The summed E-state index contributed by atoms with van der Waals surface area (Å²) in [6.45, 7) is 5.24. The first-order valence-electron chi connectivity index (χ1n) is 9.39. The van der Waals surface area contributed by atoms with E-state index in [2.05, 4.69) is 4.98 Å². The number of pyridine rings is 1. The van der Waals surface area contributed by atoms with Gasteiger partial charge in [0.1, 0.15) is 0 Å². The summed E-state index contributed by atoms with van der Waals surface area (Å²) in [6, 6.07) is 3.29. The van der Waals surface area contributed by atoms with Crippen molar-refractivity contribution in [3.63, 3.8) is 0 Å². The monoisotopic (exact) mass is 374 g/mol. The molecule has 2 fully saturated rings. The number of rotatable bonds is 4. The van der Waals surface area contributed by atoms with Gasteiger partial charge in [-0.2, -0.15) is 0 Å². The number of amides is 3. The molecule has 3 heterocycles. The van der Waals surface area contributed by atoms with Crippen molar-refractivity contribution >= 4 is 17.7 Å². The van der Waals surface area contributed by atoms with E-state index in [1.807, 2.05) is 6.92 Å². The van der Waals surface area contributed by atoms with Crippen LogP contribution in [-0.4, -0.2) is 83.8 Å². The van der Waals surface area contributed by atoms with Crippen LogP contribution in [0.25, 0.3) is 0 Å². The van der Waals surface area contributed by atoms with Crippen molar-refractivity contribution in [3.05, 3.63) is 23.9 Å². The third-order valence-electron chi connectivity index (χ3n) is 5.23. The van der Waals surface area contributed by atoms with E-state index in [9.17, 15) is 14.4 Å². The lowest BCUT2D eigenvalue weighted by atomic mass is 10.1. The molecule has 2 aliphatic rings. The summed E-state index contributed by atoms with van der Waals surface area (Å²) >= 11 is 0. The normalized spacial score (nSPS) is 20.6. The van der Waals surface area contributed by atoms with Crippen LogP contribution in [0.5, 0.6) is 5.88 Å². The number of methoxy groups -OCH3 is 1. The molecular formula is C19H26N4O4. The van der Waals surface area contributed by atoms with Gasteiger partial charge in [-0.15, -0.1) is 0 Å². The molecule has 1 unspecified atom stereocenters. The molecule has 0 saturated carbocycles. The Balaban J connectivity index is 1.61. The molecule has 146 valence electrons. The van der Waals surface area contributed by atoms with E-state index in [1.54, 1.807) is 33.0 Å². The van der Waals surface area contributed by atoms with Gasteiger partial charge in [0, 0.05) is 63.5 Å². The molecule has 2 aliphatic heterocycles.